The zero-order valence-corrected chi connectivity index (χ0v) is 14.6. The number of pyridine rings is 1. The van der Waals surface area contributed by atoms with Crippen molar-refractivity contribution in [2.45, 2.75) is 6.92 Å². The highest BCUT2D eigenvalue weighted by molar-refractivity contribution is 6.33. The molecule has 0 aliphatic rings. The quantitative estimate of drug-likeness (QED) is 0.541. The van der Waals surface area contributed by atoms with Crippen LogP contribution in [0.4, 0.5) is 10.2 Å². The third-order valence-corrected chi connectivity index (χ3v) is 4.62. The highest BCUT2D eigenvalue weighted by Gasteiger charge is 2.18. The number of aryl methyl sites for hydroxylation is 1. The number of nitrogens with zero attached hydrogens (tertiary/aromatic N) is 3. The molecule has 4 aromatic rings. The number of benzene rings is 2. The van der Waals surface area contributed by atoms with Gasteiger partial charge in [0.05, 0.1) is 21.8 Å². The van der Waals surface area contributed by atoms with E-state index in [1.54, 1.807) is 31.3 Å². The molecule has 0 atom stereocenters. The Kier molecular flexibility index (Phi) is 4.01. The topological polar surface area (TPSA) is 64.7 Å². The molecule has 26 heavy (non-hydrogen) atoms. The van der Waals surface area contributed by atoms with Gasteiger partial charge >= 0.3 is 0 Å². The van der Waals surface area contributed by atoms with Gasteiger partial charge in [-0.15, -0.1) is 0 Å². The highest BCUT2D eigenvalue weighted by atomic mass is 35.5. The van der Waals surface area contributed by atoms with Crippen LogP contribution in [-0.2, 0) is 0 Å². The molecule has 0 spiro atoms. The van der Waals surface area contributed by atoms with Crippen LogP contribution in [0, 0.1) is 12.7 Å². The number of halogens is 2. The van der Waals surface area contributed by atoms with Crippen LogP contribution < -0.4 is 5.73 Å². The standard InChI is InChI=1S/C20H14ClFN4/c1-11-4-6-15(21)17(18(11)22)19-13(3-2-8-24-19)12-5-7-16-14(9-12)20(23)26-10-25-16/h2-10H,1H3,(H2,23,25,26). The molecule has 4 nitrogen and oxygen atoms in total. The van der Waals surface area contributed by atoms with Crippen molar-refractivity contribution in [3.05, 3.63) is 71.4 Å². The van der Waals surface area contributed by atoms with Crippen molar-refractivity contribution in [1.82, 2.24) is 15.0 Å². The van der Waals surface area contributed by atoms with Crippen molar-refractivity contribution in [1.29, 1.82) is 0 Å². The molecule has 0 aliphatic carbocycles. The lowest BCUT2D eigenvalue weighted by molar-refractivity contribution is 0.621. The van der Waals surface area contributed by atoms with Gasteiger partial charge in [0, 0.05) is 17.1 Å². The summed E-state index contributed by atoms with van der Waals surface area (Å²) in [5.74, 6) is 0.0168. The molecule has 128 valence electrons. The van der Waals surface area contributed by atoms with Gasteiger partial charge in [0.15, 0.2) is 0 Å². The van der Waals surface area contributed by atoms with Gasteiger partial charge in [-0.3, -0.25) is 4.98 Å². The Labute approximate surface area is 154 Å². The number of nitrogens with two attached hydrogens (primary N) is 1. The lowest BCUT2D eigenvalue weighted by atomic mass is 9.97. The van der Waals surface area contributed by atoms with E-state index in [1.165, 1.54) is 6.33 Å². The third-order valence-electron chi connectivity index (χ3n) is 4.31. The molecular formula is C20H14ClFN4. The molecule has 0 saturated carbocycles. The van der Waals surface area contributed by atoms with Crippen molar-refractivity contribution in [3.63, 3.8) is 0 Å². The van der Waals surface area contributed by atoms with Crippen molar-refractivity contribution >= 4 is 28.3 Å². The first-order valence-electron chi connectivity index (χ1n) is 7.97. The summed E-state index contributed by atoms with van der Waals surface area (Å²) in [6.45, 7) is 1.70. The van der Waals surface area contributed by atoms with E-state index < -0.39 is 0 Å². The van der Waals surface area contributed by atoms with Gasteiger partial charge in [-0.2, -0.15) is 0 Å². The second kappa shape index (κ2) is 6.35. The number of rotatable bonds is 2. The number of hydrogen-bond acceptors (Lipinski definition) is 4. The minimum absolute atomic E-state index is 0.291. The van der Waals surface area contributed by atoms with Crippen LogP contribution in [0.1, 0.15) is 5.56 Å². The molecule has 6 heteroatoms. The summed E-state index contributed by atoms with van der Waals surface area (Å²) in [4.78, 5) is 12.6. The Morgan fingerprint density at radius 2 is 1.88 bits per heavy atom. The largest absolute Gasteiger partial charge is 0.383 e. The first-order valence-corrected chi connectivity index (χ1v) is 8.34. The Morgan fingerprint density at radius 1 is 1.04 bits per heavy atom. The van der Waals surface area contributed by atoms with Crippen LogP contribution in [0.25, 0.3) is 33.3 Å². The number of nitrogen functional groups attached to an aromatic ring is 1. The maximum atomic E-state index is 14.8. The molecular weight excluding hydrogens is 351 g/mol. The van der Waals surface area contributed by atoms with E-state index in [9.17, 15) is 4.39 Å². The minimum atomic E-state index is -0.374. The minimum Gasteiger partial charge on any atom is -0.383 e. The molecule has 2 aromatic heterocycles. The second-order valence-corrected chi connectivity index (χ2v) is 6.35. The van der Waals surface area contributed by atoms with Gasteiger partial charge in [0.1, 0.15) is 18.0 Å². The monoisotopic (exact) mass is 364 g/mol. The first kappa shape index (κ1) is 16.4. The Balaban J connectivity index is 1.99. The normalized spacial score (nSPS) is 11.0. The van der Waals surface area contributed by atoms with Crippen LogP contribution in [-0.4, -0.2) is 15.0 Å². The molecule has 0 saturated heterocycles. The molecule has 0 radical (unpaired) electrons. The highest BCUT2D eigenvalue weighted by Crippen LogP contribution is 2.38. The summed E-state index contributed by atoms with van der Waals surface area (Å²) in [7, 11) is 0. The lowest BCUT2D eigenvalue weighted by Crippen LogP contribution is -1.96. The van der Waals surface area contributed by atoms with Crippen LogP contribution in [0.2, 0.25) is 5.02 Å². The van der Waals surface area contributed by atoms with E-state index in [-0.39, 0.29) is 5.82 Å². The van der Waals surface area contributed by atoms with E-state index in [0.717, 1.165) is 22.0 Å². The Hall–Kier alpha value is -3.05. The summed E-state index contributed by atoms with van der Waals surface area (Å²) < 4.78 is 14.8. The zero-order chi connectivity index (χ0) is 18.3. The third kappa shape index (κ3) is 2.66. The molecule has 2 N–H and O–H groups in total. The number of hydrogen-bond donors (Lipinski definition) is 1. The maximum absolute atomic E-state index is 14.8. The predicted molar refractivity (Wildman–Crippen MR) is 102 cm³/mol. The van der Waals surface area contributed by atoms with Crippen molar-refractivity contribution in [2.75, 3.05) is 5.73 Å². The summed E-state index contributed by atoms with van der Waals surface area (Å²) >= 11 is 6.30. The van der Waals surface area contributed by atoms with Gasteiger partial charge < -0.3 is 5.73 Å². The lowest BCUT2D eigenvalue weighted by Gasteiger charge is -2.13. The van der Waals surface area contributed by atoms with E-state index in [4.69, 9.17) is 17.3 Å². The fraction of sp³-hybridized carbons (Fsp3) is 0.0500. The van der Waals surface area contributed by atoms with Gasteiger partial charge in [0.2, 0.25) is 0 Å². The average molecular weight is 365 g/mol. The number of anilines is 1. The average Bonchev–Trinajstić information content (AvgIpc) is 2.66. The maximum Gasteiger partial charge on any atom is 0.137 e. The molecule has 0 bridgehead atoms. The van der Waals surface area contributed by atoms with Crippen molar-refractivity contribution in [2.24, 2.45) is 0 Å². The van der Waals surface area contributed by atoms with Gasteiger partial charge in [0.25, 0.3) is 0 Å². The Bertz CT molecular complexity index is 1140. The predicted octanol–water partition coefficient (Wildman–Crippen LogP) is 5.04. The molecule has 0 aliphatic heterocycles. The molecule has 2 heterocycles. The SMILES string of the molecule is Cc1ccc(Cl)c(-c2ncccc2-c2ccc3ncnc(N)c3c2)c1F. The fourth-order valence-corrected chi connectivity index (χ4v) is 3.19. The fourth-order valence-electron chi connectivity index (χ4n) is 2.96. The molecule has 2 aromatic carbocycles. The van der Waals surface area contributed by atoms with Crippen molar-refractivity contribution < 1.29 is 4.39 Å². The molecule has 0 fully saturated rings. The summed E-state index contributed by atoms with van der Waals surface area (Å²) in [5.41, 5.74) is 9.58. The van der Waals surface area contributed by atoms with Gasteiger partial charge in [-0.05, 0) is 42.3 Å². The van der Waals surface area contributed by atoms with Gasteiger partial charge in [-0.25, -0.2) is 14.4 Å². The molecule has 0 unspecified atom stereocenters. The summed E-state index contributed by atoms with van der Waals surface area (Å²) in [5, 5.41) is 1.05. The van der Waals surface area contributed by atoms with Crippen LogP contribution in [0.3, 0.4) is 0 Å². The van der Waals surface area contributed by atoms with E-state index in [2.05, 4.69) is 15.0 Å². The molecule has 0 amide bonds. The molecule has 4 rings (SSSR count). The number of fused-ring (bicyclic) bond motifs is 1. The summed E-state index contributed by atoms with van der Waals surface area (Å²) in [6, 6.07) is 12.6. The van der Waals surface area contributed by atoms with E-state index in [1.807, 2.05) is 24.3 Å². The van der Waals surface area contributed by atoms with Crippen molar-refractivity contribution in [3.8, 4) is 22.4 Å². The van der Waals surface area contributed by atoms with E-state index >= 15 is 0 Å². The van der Waals surface area contributed by atoms with Gasteiger partial charge in [-0.1, -0.05) is 29.8 Å². The van der Waals surface area contributed by atoms with Crippen LogP contribution in [0.5, 0.6) is 0 Å². The number of aromatic nitrogens is 3. The Morgan fingerprint density at radius 3 is 2.73 bits per heavy atom. The summed E-state index contributed by atoms with van der Waals surface area (Å²) in [6.07, 6.45) is 3.05. The second-order valence-electron chi connectivity index (χ2n) is 5.94. The van der Waals surface area contributed by atoms with Crippen LogP contribution in [0.15, 0.2) is 55.0 Å². The van der Waals surface area contributed by atoms with Crippen LogP contribution >= 0.6 is 11.6 Å². The first-order chi connectivity index (χ1) is 12.6. The zero-order valence-electron chi connectivity index (χ0n) is 13.9. The smallest absolute Gasteiger partial charge is 0.137 e. The van der Waals surface area contributed by atoms with E-state index in [0.29, 0.717) is 27.7 Å².